The third-order valence-electron chi connectivity index (χ3n) is 4.77. The first-order valence-corrected chi connectivity index (χ1v) is 8.67. The monoisotopic (exact) mass is 342 g/mol. The third-order valence-corrected chi connectivity index (χ3v) is 4.77. The number of rotatable bonds is 6. The van der Waals surface area contributed by atoms with Crippen molar-refractivity contribution in [2.45, 2.75) is 25.3 Å². The lowest BCUT2D eigenvalue weighted by Gasteiger charge is -2.27. The molecule has 2 N–H and O–H groups in total. The normalized spacial score (nSPS) is 17.8. The van der Waals surface area contributed by atoms with Gasteiger partial charge in [0, 0.05) is 24.6 Å². The Morgan fingerprint density at radius 2 is 2.16 bits per heavy atom. The van der Waals surface area contributed by atoms with Crippen LogP contribution in [0.1, 0.15) is 29.3 Å². The zero-order valence-corrected chi connectivity index (χ0v) is 15.1. The van der Waals surface area contributed by atoms with E-state index in [4.69, 9.17) is 4.74 Å². The number of ether oxygens (including phenoxy) is 1. The predicted molar refractivity (Wildman–Crippen MR) is 96.5 cm³/mol. The van der Waals surface area contributed by atoms with Crippen molar-refractivity contribution in [2.75, 3.05) is 27.7 Å². The number of hydrogen-bond donors (Lipinski definition) is 2. The number of carbonyl (C=O) groups is 1. The highest BCUT2D eigenvalue weighted by Gasteiger charge is 2.27. The van der Waals surface area contributed by atoms with Gasteiger partial charge >= 0.3 is 0 Å². The highest BCUT2D eigenvalue weighted by molar-refractivity contribution is 5.79. The van der Waals surface area contributed by atoms with Crippen molar-refractivity contribution < 1.29 is 9.53 Å². The fourth-order valence-electron chi connectivity index (χ4n) is 3.36. The number of fused-ring (bicyclic) bond motifs is 1. The van der Waals surface area contributed by atoms with Crippen molar-refractivity contribution in [2.24, 2.45) is 5.92 Å². The second-order valence-electron chi connectivity index (χ2n) is 6.91. The van der Waals surface area contributed by atoms with Crippen LogP contribution >= 0.6 is 0 Å². The van der Waals surface area contributed by atoms with E-state index in [1.54, 1.807) is 7.11 Å². The number of nitrogens with one attached hydrogen (secondary N) is 2. The Labute approximate surface area is 148 Å². The zero-order chi connectivity index (χ0) is 17.8. The maximum absolute atomic E-state index is 12.8. The van der Waals surface area contributed by atoms with Crippen LogP contribution in [0.15, 0.2) is 30.5 Å². The first-order valence-electron chi connectivity index (χ1n) is 8.67. The Morgan fingerprint density at radius 1 is 1.40 bits per heavy atom. The second-order valence-corrected chi connectivity index (χ2v) is 6.91. The molecule has 6 heteroatoms. The molecule has 1 aliphatic carbocycles. The summed E-state index contributed by atoms with van der Waals surface area (Å²) in [5.41, 5.74) is 3.42. The molecule has 0 radical (unpaired) electrons. The van der Waals surface area contributed by atoms with E-state index < -0.39 is 0 Å². The second kappa shape index (κ2) is 7.70. The van der Waals surface area contributed by atoms with Gasteiger partial charge in [0.05, 0.1) is 19.3 Å². The molecule has 0 bridgehead atoms. The standard InChI is InChI=1S/C19H26N4O2/c1-23(2)12-18(13-6-8-16(25-3)9-7-13)21-19(24)14-4-5-15-11-20-22-17(15)10-14/h6-9,11,14,18H,4-5,10,12H2,1-3H3,(H,20,22)(H,21,24)/t14-,18+/m1/s1. The number of carbonyl (C=O) groups excluding carboxylic acids is 1. The summed E-state index contributed by atoms with van der Waals surface area (Å²) in [6.07, 6.45) is 4.38. The van der Waals surface area contributed by atoms with Gasteiger partial charge in [-0.25, -0.2) is 0 Å². The number of benzene rings is 1. The summed E-state index contributed by atoms with van der Waals surface area (Å²) >= 11 is 0. The van der Waals surface area contributed by atoms with Crippen LogP contribution in [0.5, 0.6) is 5.75 Å². The van der Waals surface area contributed by atoms with Crippen LogP contribution in [0, 0.1) is 5.92 Å². The van der Waals surface area contributed by atoms with Gasteiger partial charge in [-0.15, -0.1) is 0 Å². The van der Waals surface area contributed by atoms with E-state index in [1.807, 2.05) is 44.6 Å². The summed E-state index contributed by atoms with van der Waals surface area (Å²) < 4.78 is 5.22. The van der Waals surface area contributed by atoms with Crippen LogP contribution in [0.4, 0.5) is 0 Å². The fourth-order valence-corrected chi connectivity index (χ4v) is 3.36. The van der Waals surface area contributed by atoms with Gasteiger partial charge in [0.25, 0.3) is 0 Å². The summed E-state index contributed by atoms with van der Waals surface area (Å²) in [5, 5.41) is 10.3. The Kier molecular flexibility index (Phi) is 5.38. The summed E-state index contributed by atoms with van der Waals surface area (Å²) in [5.74, 6) is 0.927. The van der Waals surface area contributed by atoms with E-state index >= 15 is 0 Å². The molecule has 25 heavy (non-hydrogen) atoms. The Hall–Kier alpha value is -2.34. The van der Waals surface area contributed by atoms with Gasteiger partial charge in [-0.05, 0) is 50.2 Å². The molecule has 1 aromatic heterocycles. The van der Waals surface area contributed by atoms with E-state index in [2.05, 4.69) is 20.4 Å². The lowest BCUT2D eigenvalue weighted by Crippen LogP contribution is -2.40. The van der Waals surface area contributed by atoms with Gasteiger partial charge in [0.15, 0.2) is 0 Å². The Morgan fingerprint density at radius 3 is 2.84 bits per heavy atom. The first-order chi connectivity index (χ1) is 12.1. The summed E-state index contributed by atoms with van der Waals surface area (Å²) in [4.78, 5) is 14.9. The molecule has 2 aromatic rings. The molecule has 6 nitrogen and oxygen atoms in total. The molecule has 0 unspecified atom stereocenters. The van der Waals surface area contributed by atoms with Crippen LogP contribution in [0.25, 0.3) is 0 Å². The van der Waals surface area contributed by atoms with Crippen LogP contribution in [0.2, 0.25) is 0 Å². The number of aromatic amines is 1. The van der Waals surface area contributed by atoms with Gasteiger partial charge in [0.2, 0.25) is 5.91 Å². The average molecular weight is 342 g/mol. The molecule has 1 amide bonds. The van der Waals surface area contributed by atoms with Gasteiger partial charge in [-0.2, -0.15) is 5.10 Å². The van der Waals surface area contributed by atoms with E-state index in [0.717, 1.165) is 42.8 Å². The van der Waals surface area contributed by atoms with E-state index in [-0.39, 0.29) is 17.9 Å². The lowest BCUT2D eigenvalue weighted by molar-refractivity contribution is -0.126. The third kappa shape index (κ3) is 4.20. The minimum Gasteiger partial charge on any atom is -0.497 e. The molecular weight excluding hydrogens is 316 g/mol. The van der Waals surface area contributed by atoms with Crippen LogP contribution in [-0.2, 0) is 17.6 Å². The van der Waals surface area contributed by atoms with Gasteiger partial charge in [0.1, 0.15) is 5.75 Å². The summed E-state index contributed by atoms with van der Waals surface area (Å²) in [6, 6.07) is 7.85. The zero-order valence-electron chi connectivity index (χ0n) is 15.1. The fraction of sp³-hybridized carbons (Fsp3) is 0.474. The quantitative estimate of drug-likeness (QED) is 0.842. The van der Waals surface area contributed by atoms with Gasteiger partial charge in [-0.3, -0.25) is 9.89 Å². The SMILES string of the molecule is COc1ccc([C@H](CN(C)C)NC(=O)[C@@H]2CCc3cn[nH]c3C2)cc1. The molecule has 0 spiro atoms. The maximum atomic E-state index is 12.8. The topological polar surface area (TPSA) is 70.2 Å². The minimum absolute atomic E-state index is 0.00383. The van der Waals surface area contributed by atoms with Crippen molar-refractivity contribution in [1.29, 1.82) is 0 Å². The van der Waals surface area contributed by atoms with E-state index in [1.165, 1.54) is 5.56 Å². The number of aromatic nitrogens is 2. The molecule has 2 atom stereocenters. The molecule has 3 rings (SSSR count). The molecule has 134 valence electrons. The highest BCUT2D eigenvalue weighted by Crippen LogP contribution is 2.25. The molecule has 0 saturated heterocycles. The average Bonchev–Trinajstić information content (AvgIpc) is 3.08. The largest absolute Gasteiger partial charge is 0.497 e. The lowest BCUT2D eigenvalue weighted by atomic mass is 9.87. The van der Waals surface area contributed by atoms with Crippen LogP contribution in [-0.4, -0.2) is 48.8 Å². The minimum atomic E-state index is -0.0448. The number of methoxy groups -OCH3 is 1. The smallest absolute Gasteiger partial charge is 0.224 e. The number of aryl methyl sites for hydroxylation is 1. The van der Waals surface area contributed by atoms with Crippen molar-refractivity contribution >= 4 is 5.91 Å². The molecule has 1 aromatic carbocycles. The number of hydrogen-bond acceptors (Lipinski definition) is 4. The molecule has 0 fully saturated rings. The summed E-state index contributed by atoms with van der Waals surface area (Å²) in [7, 11) is 5.68. The number of H-pyrrole nitrogens is 1. The molecular formula is C19H26N4O2. The number of nitrogens with zero attached hydrogens (tertiary/aromatic N) is 2. The number of likely N-dealkylation sites (N-methyl/N-ethyl adjacent to an activating group) is 1. The molecule has 0 saturated carbocycles. The van der Waals surface area contributed by atoms with E-state index in [9.17, 15) is 4.79 Å². The highest BCUT2D eigenvalue weighted by atomic mass is 16.5. The van der Waals surface area contributed by atoms with Crippen molar-refractivity contribution in [3.63, 3.8) is 0 Å². The number of amides is 1. The first kappa shape index (κ1) is 17.5. The van der Waals surface area contributed by atoms with E-state index in [0.29, 0.717) is 0 Å². The Bertz CT molecular complexity index is 708. The summed E-state index contributed by atoms with van der Waals surface area (Å²) in [6.45, 7) is 0.750. The van der Waals surface area contributed by atoms with Crippen molar-refractivity contribution in [3.8, 4) is 5.75 Å². The maximum Gasteiger partial charge on any atom is 0.224 e. The molecule has 0 aliphatic heterocycles. The van der Waals surface area contributed by atoms with Crippen LogP contribution in [0.3, 0.4) is 0 Å². The van der Waals surface area contributed by atoms with Crippen LogP contribution < -0.4 is 10.1 Å². The van der Waals surface area contributed by atoms with Gasteiger partial charge < -0.3 is 15.0 Å². The van der Waals surface area contributed by atoms with Gasteiger partial charge in [-0.1, -0.05) is 12.1 Å². The van der Waals surface area contributed by atoms with Crippen molar-refractivity contribution in [3.05, 3.63) is 47.3 Å². The molecule has 1 aliphatic rings. The molecule has 1 heterocycles. The van der Waals surface area contributed by atoms with Crippen molar-refractivity contribution in [1.82, 2.24) is 20.4 Å². The predicted octanol–water partition coefficient (Wildman–Crippen LogP) is 1.94. The Balaban J connectivity index is 1.70.